The van der Waals surface area contributed by atoms with Crippen molar-refractivity contribution in [2.45, 2.75) is 39.8 Å². The minimum Gasteiger partial charge on any atom is -0.496 e. The molecule has 0 aromatic heterocycles. The van der Waals surface area contributed by atoms with Gasteiger partial charge in [-0.2, -0.15) is 0 Å². The van der Waals surface area contributed by atoms with Crippen molar-refractivity contribution < 1.29 is 14.3 Å². The van der Waals surface area contributed by atoms with Gasteiger partial charge in [-0.3, -0.25) is 9.59 Å². The largest absolute Gasteiger partial charge is 0.496 e. The average molecular weight is 263 g/mol. The molecule has 0 spiro atoms. The van der Waals surface area contributed by atoms with E-state index in [1.807, 2.05) is 27.7 Å². The van der Waals surface area contributed by atoms with Crippen LogP contribution in [-0.2, 0) is 0 Å². The normalized spacial score (nSPS) is 10.7. The highest BCUT2D eigenvalue weighted by Gasteiger charge is 2.24. The van der Waals surface area contributed by atoms with Crippen LogP contribution >= 0.6 is 0 Å². The van der Waals surface area contributed by atoms with E-state index < -0.39 is 0 Å². The molecule has 0 saturated heterocycles. The molecule has 1 aromatic rings. The first-order valence-electron chi connectivity index (χ1n) is 6.38. The third-order valence-electron chi connectivity index (χ3n) is 2.98. The van der Waals surface area contributed by atoms with Crippen molar-refractivity contribution in [2.24, 2.45) is 0 Å². The predicted molar refractivity (Wildman–Crippen MR) is 74.8 cm³/mol. The van der Waals surface area contributed by atoms with Gasteiger partial charge >= 0.3 is 0 Å². The number of carbonyl (C=O) groups excluding carboxylic acids is 2. The fourth-order valence-corrected chi connectivity index (χ4v) is 2.23. The number of hydrogen-bond acceptors (Lipinski definition) is 3. The fourth-order valence-electron chi connectivity index (χ4n) is 2.23. The summed E-state index contributed by atoms with van der Waals surface area (Å²) in [7, 11) is 1.49. The third kappa shape index (κ3) is 3.13. The Kier molecular flexibility index (Phi) is 5.10. The van der Waals surface area contributed by atoms with Crippen LogP contribution in [0.15, 0.2) is 18.2 Å². The van der Waals surface area contributed by atoms with E-state index in [-0.39, 0.29) is 18.0 Å². The van der Waals surface area contributed by atoms with E-state index in [0.717, 1.165) is 0 Å². The lowest BCUT2D eigenvalue weighted by molar-refractivity contribution is 0.0641. The van der Waals surface area contributed by atoms with Crippen LogP contribution in [0, 0.1) is 0 Å². The molecule has 0 N–H and O–H groups in total. The summed E-state index contributed by atoms with van der Waals surface area (Å²) < 4.78 is 5.13. The molecule has 0 fully saturated rings. The van der Waals surface area contributed by atoms with E-state index in [9.17, 15) is 9.59 Å². The van der Waals surface area contributed by atoms with Crippen molar-refractivity contribution in [1.29, 1.82) is 0 Å². The number of ether oxygens (including phenoxy) is 1. The van der Waals surface area contributed by atoms with Crippen LogP contribution in [0.5, 0.6) is 5.75 Å². The topological polar surface area (TPSA) is 46.6 Å². The number of amides is 1. The van der Waals surface area contributed by atoms with Crippen LogP contribution in [0.4, 0.5) is 0 Å². The summed E-state index contributed by atoms with van der Waals surface area (Å²) in [6.45, 7) is 7.83. The summed E-state index contributed by atoms with van der Waals surface area (Å²) in [5.41, 5.74) is 0.693. The maximum absolute atomic E-state index is 12.6. The summed E-state index contributed by atoms with van der Waals surface area (Å²) >= 11 is 0. The molecule has 0 aliphatic heterocycles. The Morgan fingerprint density at radius 1 is 1.21 bits per heavy atom. The van der Waals surface area contributed by atoms with Gasteiger partial charge in [0.05, 0.1) is 18.2 Å². The smallest absolute Gasteiger partial charge is 0.255 e. The molecule has 1 aromatic carbocycles. The molecule has 1 amide bonds. The number of rotatable bonds is 5. The molecule has 0 heterocycles. The molecule has 104 valence electrons. The van der Waals surface area contributed by atoms with Gasteiger partial charge in [-0.25, -0.2) is 0 Å². The SMILES string of the molecule is COc1cccc(C(=O)N(C(C)C)C(C)C)c1C=O. The molecular formula is C15H21NO3. The van der Waals surface area contributed by atoms with Crippen molar-refractivity contribution >= 4 is 12.2 Å². The number of nitrogens with zero attached hydrogens (tertiary/aromatic N) is 1. The second-order valence-electron chi connectivity index (χ2n) is 4.94. The van der Waals surface area contributed by atoms with Crippen LogP contribution in [0.2, 0.25) is 0 Å². The van der Waals surface area contributed by atoms with Gasteiger partial charge in [0.2, 0.25) is 0 Å². The highest BCUT2D eigenvalue weighted by Crippen LogP contribution is 2.23. The number of hydrogen-bond donors (Lipinski definition) is 0. The van der Waals surface area contributed by atoms with E-state index in [1.54, 1.807) is 23.1 Å². The Morgan fingerprint density at radius 2 is 1.79 bits per heavy atom. The third-order valence-corrected chi connectivity index (χ3v) is 2.98. The van der Waals surface area contributed by atoms with E-state index >= 15 is 0 Å². The lowest BCUT2D eigenvalue weighted by Crippen LogP contribution is -2.42. The Morgan fingerprint density at radius 3 is 2.21 bits per heavy atom. The first-order valence-corrected chi connectivity index (χ1v) is 6.38. The molecule has 0 bridgehead atoms. The van der Waals surface area contributed by atoms with Crippen molar-refractivity contribution in [2.75, 3.05) is 7.11 Å². The Labute approximate surface area is 114 Å². The zero-order valence-electron chi connectivity index (χ0n) is 12.1. The predicted octanol–water partition coefficient (Wildman–Crippen LogP) is 2.77. The van der Waals surface area contributed by atoms with Gasteiger partial charge in [0.1, 0.15) is 5.75 Å². The molecule has 0 aliphatic carbocycles. The molecular weight excluding hydrogens is 242 g/mol. The summed E-state index contributed by atoms with van der Waals surface area (Å²) in [6, 6.07) is 5.19. The molecule has 19 heavy (non-hydrogen) atoms. The molecule has 0 unspecified atom stereocenters. The lowest BCUT2D eigenvalue weighted by Gasteiger charge is -2.31. The first kappa shape index (κ1) is 15.2. The molecule has 4 heteroatoms. The van der Waals surface area contributed by atoms with Gasteiger partial charge in [-0.1, -0.05) is 6.07 Å². The van der Waals surface area contributed by atoms with E-state index in [2.05, 4.69) is 0 Å². The monoisotopic (exact) mass is 263 g/mol. The van der Waals surface area contributed by atoms with Gasteiger partial charge in [-0.15, -0.1) is 0 Å². The zero-order valence-corrected chi connectivity index (χ0v) is 12.1. The van der Waals surface area contributed by atoms with Gasteiger partial charge in [0.15, 0.2) is 6.29 Å². The van der Waals surface area contributed by atoms with Crippen LogP contribution in [0.3, 0.4) is 0 Å². The standard InChI is InChI=1S/C15H21NO3/c1-10(2)16(11(3)4)15(18)12-7-6-8-14(19-5)13(12)9-17/h6-11H,1-5H3. The van der Waals surface area contributed by atoms with Crippen LogP contribution in [0.25, 0.3) is 0 Å². The highest BCUT2D eigenvalue weighted by molar-refractivity contribution is 6.03. The van der Waals surface area contributed by atoms with Gasteiger partial charge in [0, 0.05) is 12.1 Å². The van der Waals surface area contributed by atoms with Gasteiger partial charge in [0.25, 0.3) is 5.91 Å². The molecule has 0 atom stereocenters. The second-order valence-corrected chi connectivity index (χ2v) is 4.94. The number of carbonyl (C=O) groups is 2. The van der Waals surface area contributed by atoms with E-state index in [1.165, 1.54) is 7.11 Å². The first-order chi connectivity index (χ1) is 8.93. The lowest BCUT2D eigenvalue weighted by atomic mass is 10.0. The molecule has 4 nitrogen and oxygen atoms in total. The minimum absolute atomic E-state index is 0.0678. The Balaban J connectivity index is 3.29. The molecule has 0 aliphatic rings. The van der Waals surface area contributed by atoms with Crippen molar-refractivity contribution in [3.05, 3.63) is 29.3 Å². The van der Waals surface area contributed by atoms with Crippen molar-refractivity contribution in [3.8, 4) is 5.75 Å². The maximum Gasteiger partial charge on any atom is 0.255 e. The molecule has 1 rings (SSSR count). The summed E-state index contributed by atoms with van der Waals surface area (Å²) in [5, 5.41) is 0. The average Bonchev–Trinajstić information content (AvgIpc) is 2.36. The van der Waals surface area contributed by atoms with Crippen molar-refractivity contribution in [1.82, 2.24) is 4.90 Å². The highest BCUT2D eigenvalue weighted by atomic mass is 16.5. The molecule has 0 saturated carbocycles. The van der Waals surface area contributed by atoms with E-state index in [4.69, 9.17) is 4.74 Å². The van der Waals surface area contributed by atoms with E-state index in [0.29, 0.717) is 23.2 Å². The number of benzene rings is 1. The zero-order chi connectivity index (χ0) is 14.6. The molecule has 0 radical (unpaired) electrons. The Bertz CT molecular complexity index is 458. The fraction of sp³-hybridized carbons (Fsp3) is 0.467. The summed E-state index contributed by atoms with van der Waals surface area (Å²) in [5.74, 6) is 0.277. The van der Waals surface area contributed by atoms with Crippen molar-refractivity contribution in [3.63, 3.8) is 0 Å². The summed E-state index contributed by atoms with van der Waals surface area (Å²) in [6.07, 6.45) is 0.672. The Hall–Kier alpha value is -1.84. The quantitative estimate of drug-likeness (QED) is 0.767. The summed E-state index contributed by atoms with van der Waals surface area (Å²) in [4.78, 5) is 25.6. The van der Waals surface area contributed by atoms with Crippen LogP contribution in [0.1, 0.15) is 48.4 Å². The van der Waals surface area contributed by atoms with Gasteiger partial charge < -0.3 is 9.64 Å². The van der Waals surface area contributed by atoms with Gasteiger partial charge in [-0.05, 0) is 39.8 Å². The number of methoxy groups -OCH3 is 1. The number of aldehydes is 1. The second kappa shape index (κ2) is 6.36. The van der Waals surface area contributed by atoms with Crippen LogP contribution < -0.4 is 4.74 Å². The van der Waals surface area contributed by atoms with Crippen LogP contribution in [-0.4, -0.2) is 36.3 Å². The minimum atomic E-state index is -0.147. The maximum atomic E-state index is 12.6.